The summed E-state index contributed by atoms with van der Waals surface area (Å²) < 4.78 is 90.8. The Morgan fingerprint density at radius 2 is 1.56 bits per heavy atom. The Balaban J connectivity index is 1.63. The van der Waals surface area contributed by atoms with E-state index in [1.54, 1.807) is 38.1 Å². The minimum atomic E-state index is -5.99. The minimum absolute atomic E-state index is 0.0265. The lowest BCUT2D eigenvalue weighted by Crippen LogP contribution is -2.53. The number of carbonyl (C=O) groups is 2. The molecule has 41 heavy (non-hydrogen) atoms. The van der Waals surface area contributed by atoms with E-state index in [2.05, 4.69) is 5.32 Å². The van der Waals surface area contributed by atoms with Gasteiger partial charge in [-0.25, -0.2) is 4.79 Å². The molecule has 1 unspecified atom stereocenters. The van der Waals surface area contributed by atoms with Gasteiger partial charge in [-0.1, -0.05) is 31.5 Å². The number of amides is 3. The number of aliphatic hydroxyl groups is 1. The van der Waals surface area contributed by atoms with Crippen LogP contribution < -0.4 is 14.8 Å². The molecule has 1 fully saturated rings. The highest BCUT2D eigenvalue weighted by molar-refractivity contribution is 6.07. The molecule has 2 aromatic carbocycles. The summed E-state index contributed by atoms with van der Waals surface area (Å²) in [4.78, 5) is 26.7. The fourth-order valence-electron chi connectivity index (χ4n) is 4.60. The van der Waals surface area contributed by atoms with E-state index in [9.17, 15) is 41.0 Å². The fraction of sp³-hybridized carbons (Fsp3) is 0.500. The number of rotatable bonds is 12. The van der Waals surface area contributed by atoms with Crippen LogP contribution in [-0.2, 0) is 22.4 Å². The number of alkyl halides is 6. The largest absolute Gasteiger partial charge is 0.494 e. The van der Waals surface area contributed by atoms with Crippen molar-refractivity contribution in [3.63, 3.8) is 0 Å². The Labute approximate surface area is 233 Å². The number of aryl methyl sites for hydroxylation is 1. The third-order valence-electron chi connectivity index (χ3n) is 6.87. The molecular formula is C28H32F6N2O5. The van der Waals surface area contributed by atoms with E-state index in [4.69, 9.17) is 9.47 Å². The fourth-order valence-corrected chi connectivity index (χ4v) is 4.60. The average Bonchev–Trinajstić information content (AvgIpc) is 3.11. The van der Waals surface area contributed by atoms with Crippen LogP contribution in [-0.4, -0.2) is 54.1 Å². The van der Waals surface area contributed by atoms with Crippen molar-refractivity contribution in [2.24, 2.45) is 0 Å². The van der Waals surface area contributed by atoms with Crippen LogP contribution in [0.2, 0.25) is 0 Å². The molecular weight excluding hydrogens is 558 g/mol. The summed E-state index contributed by atoms with van der Waals surface area (Å²) in [6, 6.07) is 8.43. The van der Waals surface area contributed by atoms with Gasteiger partial charge >= 0.3 is 18.4 Å². The molecule has 7 nitrogen and oxygen atoms in total. The second kappa shape index (κ2) is 12.2. The molecule has 1 atom stereocenters. The van der Waals surface area contributed by atoms with E-state index in [0.717, 1.165) is 11.0 Å². The Hall–Kier alpha value is -3.48. The molecule has 0 bridgehead atoms. The zero-order chi connectivity index (χ0) is 30.6. The van der Waals surface area contributed by atoms with Crippen LogP contribution in [0.25, 0.3) is 0 Å². The van der Waals surface area contributed by atoms with Crippen LogP contribution in [0.3, 0.4) is 0 Å². The predicted molar refractivity (Wildman–Crippen MR) is 136 cm³/mol. The molecule has 1 heterocycles. The van der Waals surface area contributed by atoms with E-state index >= 15 is 0 Å². The van der Waals surface area contributed by atoms with Crippen LogP contribution in [0.5, 0.6) is 11.5 Å². The van der Waals surface area contributed by atoms with Crippen molar-refractivity contribution < 1.29 is 50.5 Å². The van der Waals surface area contributed by atoms with Crippen LogP contribution in [0.1, 0.15) is 56.7 Å². The number of hydrogen-bond donors (Lipinski definition) is 2. The highest BCUT2D eigenvalue weighted by Gasteiger charge is 2.71. The molecule has 0 aliphatic carbocycles. The molecule has 0 aromatic heterocycles. The highest BCUT2D eigenvalue weighted by atomic mass is 19.4. The molecule has 13 heteroatoms. The maximum absolute atomic E-state index is 13.3. The van der Waals surface area contributed by atoms with Gasteiger partial charge in [-0.3, -0.25) is 9.69 Å². The number of unbranched alkanes of at least 4 members (excludes halogenated alkanes) is 1. The van der Waals surface area contributed by atoms with Gasteiger partial charge in [0, 0.05) is 12.1 Å². The maximum atomic E-state index is 13.3. The summed E-state index contributed by atoms with van der Waals surface area (Å²) >= 11 is 0. The molecule has 3 rings (SSSR count). The van der Waals surface area contributed by atoms with Gasteiger partial charge < -0.3 is 19.9 Å². The number of halogens is 6. The van der Waals surface area contributed by atoms with Gasteiger partial charge in [0.05, 0.1) is 13.2 Å². The molecule has 226 valence electrons. The third kappa shape index (κ3) is 6.39. The molecule has 1 aliphatic heterocycles. The number of ether oxygens (including phenoxy) is 2. The van der Waals surface area contributed by atoms with Gasteiger partial charge in [0.15, 0.2) is 0 Å². The lowest BCUT2D eigenvalue weighted by molar-refractivity contribution is -0.376. The van der Waals surface area contributed by atoms with Crippen molar-refractivity contribution in [3.8, 4) is 11.5 Å². The topological polar surface area (TPSA) is 88.1 Å². The lowest BCUT2D eigenvalue weighted by atomic mass is 9.90. The van der Waals surface area contributed by atoms with Gasteiger partial charge in [0.25, 0.3) is 11.5 Å². The number of nitrogens with one attached hydrogen (secondary N) is 1. The molecule has 0 spiro atoms. The minimum Gasteiger partial charge on any atom is -0.494 e. The van der Waals surface area contributed by atoms with E-state index in [-0.39, 0.29) is 30.9 Å². The first-order valence-electron chi connectivity index (χ1n) is 13.1. The van der Waals surface area contributed by atoms with E-state index < -0.39 is 41.0 Å². The highest BCUT2D eigenvalue weighted by Crippen LogP contribution is 2.50. The van der Waals surface area contributed by atoms with Crippen molar-refractivity contribution >= 4 is 11.9 Å². The summed E-state index contributed by atoms with van der Waals surface area (Å²) in [6.07, 6.45) is -10.8. The van der Waals surface area contributed by atoms with E-state index in [0.29, 0.717) is 49.3 Å². The number of nitrogens with zero attached hydrogens (tertiary/aromatic N) is 1. The second-order valence-electron chi connectivity index (χ2n) is 9.80. The van der Waals surface area contributed by atoms with Crippen molar-refractivity contribution in [1.82, 2.24) is 10.2 Å². The van der Waals surface area contributed by atoms with Crippen molar-refractivity contribution in [3.05, 3.63) is 59.2 Å². The number of hydrogen-bond acceptors (Lipinski definition) is 5. The predicted octanol–water partition coefficient (Wildman–Crippen LogP) is 5.98. The van der Waals surface area contributed by atoms with Gasteiger partial charge in [0.2, 0.25) is 0 Å². The number of urea groups is 1. The van der Waals surface area contributed by atoms with Gasteiger partial charge in [-0.15, -0.1) is 0 Å². The molecule has 2 N–H and O–H groups in total. The van der Waals surface area contributed by atoms with Crippen LogP contribution >= 0.6 is 0 Å². The summed E-state index contributed by atoms with van der Waals surface area (Å²) in [5.41, 5.74) is -6.97. The second-order valence-corrected chi connectivity index (χ2v) is 9.80. The summed E-state index contributed by atoms with van der Waals surface area (Å²) in [5.74, 6) is 0.275. The first kappa shape index (κ1) is 32.0. The SMILES string of the molecule is CCCc1cc(C(O)(C(F)(F)F)C(F)(F)F)ccc1OCCCCN1C(=O)NC(C)(c2ccc(OCC)cc2)C1=O. The number of imide groups is 1. The first-order valence-corrected chi connectivity index (χ1v) is 13.1. The third-order valence-corrected chi connectivity index (χ3v) is 6.87. The van der Waals surface area contributed by atoms with Crippen LogP contribution in [0, 0.1) is 0 Å². The quantitative estimate of drug-likeness (QED) is 0.181. The van der Waals surface area contributed by atoms with E-state index in [1.165, 1.54) is 0 Å². The average molecular weight is 591 g/mol. The van der Waals surface area contributed by atoms with Crippen molar-refractivity contribution in [2.45, 2.75) is 69.9 Å². The summed E-state index contributed by atoms with van der Waals surface area (Å²) in [7, 11) is 0. The van der Waals surface area contributed by atoms with Gasteiger partial charge in [-0.2, -0.15) is 26.3 Å². The Bertz CT molecular complexity index is 1220. The van der Waals surface area contributed by atoms with Gasteiger partial charge in [-0.05, 0) is 68.5 Å². The molecule has 0 radical (unpaired) electrons. The lowest BCUT2D eigenvalue weighted by Gasteiger charge is -2.33. The monoisotopic (exact) mass is 590 g/mol. The van der Waals surface area contributed by atoms with Gasteiger partial charge in [0.1, 0.15) is 17.0 Å². The van der Waals surface area contributed by atoms with Crippen LogP contribution in [0.4, 0.5) is 31.1 Å². The summed E-state index contributed by atoms with van der Waals surface area (Å²) in [6.45, 7) is 5.71. The maximum Gasteiger partial charge on any atom is 0.430 e. The number of carbonyl (C=O) groups excluding carboxylic acids is 2. The molecule has 0 saturated carbocycles. The van der Waals surface area contributed by atoms with Crippen molar-refractivity contribution in [2.75, 3.05) is 19.8 Å². The Kier molecular flexibility index (Phi) is 9.51. The van der Waals surface area contributed by atoms with Crippen molar-refractivity contribution in [1.29, 1.82) is 0 Å². The number of benzene rings is 2. The van der Waals surface area contributed by atoms with Crippen LogP contribution in [0.15, 0.2) is 42.5 Å². The Morgan fingerprint density at radius 1 is 0.927 bits per heavy atom. The smallest absolute Gasteiger partial charge is 0.430 e. The normalized spacial score (nSPS) is 18.0. The Morgan fingerprint density at radius 3 is 2.12 bits per heavy atom. The molecule has 2 aromatic rings. The first-order chi connectivity index (χ1) is 19.1. The molecule has 3 amide bonds. The molecule has 1 aliphatic rings. The molecule has 1 saturated heterocycles. The summed E-state index contributed by atoms with van der Waals surface area (Å²) in [5, 5.41) is 12.4. The standard InChI is InChI=1S/C28H32F6N2O5/c1-4-8-18-17-20(26(39,27(29,30)31)28(32,33)34)11-14-22(18)41-16-7-6-15-36-23(37)25(3,35-24(36)38)19-9-12-21(13-10-19)40-5-2/h9-14,17,39H,4-8,15-16H2,1-3H3,(H,35,38). The zero-order valence-electron chi connectivity index (χ0n) is 22.8. The van der Waals surface area contributed by atoms with E-state index in [1.807, 2.05) is 6.92 Å². The zero-order valence-corrected chi connectivity index (χ0v) is 22.8.